The first-order valence-electron chi connectivity index (χ1n) is 7.35. The van der Waals surface area contributed by atoms with Gasteiger partial charge in [0.05, 0.1) is 18.5 Å². The van der Waals surface area contributed by atoms with E-state index in [1.807, 2.05) is 6.92 Å². The van der Waals surface area contributed by atoms with Crippen LogP contribution in [0.4, 0.5) is 14.9 Å². The lowest BCUT2D eigenvalue weighted by atomic mass is 10.1. The van der Waals surface area contributed by atoms with Gasteiger partial charge < -0.3 is 15.1 Å². The number of furan rings is 1. The lowest BCUT2D eigenvalue weighted by molar-refractivity contribution is 0.247. The van der Waals surface area contributed by atoms with Gasteiger partial charge in [-0.1, -0.05) is 0 Å². The fourth-order valence-corrected chi connectivity index (χ4v) is 2.25. The van der Waals surface area contributed by atoms with Crippen LogP contribution >= 0.6 is 0 Å². The molecule has 0 saturated heterocycles. The highest BCUT2D eigenvalue weighted by Crippen LogP contribution is 2.25. The normalized spacial score (nSPS) is 11.9. The number of anilines is 1. The Hall–Kier alpha value is -3.16. The number of amides is 2. The average molecular weight is 329 g/mol. The Kier molecular flexibility index (Phi) is 4.55. The predicted octanol–water partition coefficient (Wildman–Crippen LogP) is 2.89. The summed E-state index contributed by atoms with van der Waals surface area (Å²) in [6.07, 6.45) is 4.51. The van der Waals surface area contributed by atoms with Crippen molar-refractivity contribution in [2.45, 2.75) is 19.5 Å². The minimum Gasteiger partial charge on any atom is -0.464 e. The number of benzene rings is 1. The molecule has 3 rings (SSSR count). The van der Waals surface area contributed by atoms with Crippen LogP contribution in [0.5, 0.6) is 0 Å². The molecule has 0 radical (unpaired) electrons. The van der Waals surface area contributed by atoms with Crippen LogP contribution in [0.1, 0.15) is 6.92 Å². The van der Waals surface area contributed by atoms with Crippen LogP contribution in [0.15, 0.2) is 53.7 Å². The molecule has 2 aromatic heterocycles. The van der Waals surface area contributed by atoms with Gasteiger partial charge in [-0.2, -0.15) is 5.10 Å². The van der Waals surface area contributed by atoms with E-state index in [1.165, 1.54) is 24.7 Å². The van der Waals surface area contributed by atoms with Gasteiger partial charge in [0.25, 0.3) is 0 Å². The summed E-state index contributed by atoms with van der Waals surface area (Å²) in [6.45, 7) is 2.28. The van der Waals surface area contributed by atoms with Crippen molar-refractivity contribution in [3.8, 4) is 11.3 Å². The Morgan fingerprint density at radius 3 is 3.00 bits per heavy atom. The molecule has 8 heteroatoms. The molecule has 0 aliphatic rings. The van der Waals surface area contributed by atoms with Crippen molar-refractivity contribution in [2.75, 3.05) is 5.32 Å². The van der Waals surface area contributed by atoms with Crippen molar-refractivity contribution in [3.05, 3.63) is 55.1 Å². The van der Waals surface area contributed by atoms with Gasteiger partial charge in [0, 0.05) is 11.6 Å². The second-order valence-corrected chi connectivity index (χ2v) is 5.29. The van der Waals surface area contributed by atoms with E-state index in [9.17, 15) is 9.18 Å². The van der Waals surface area contributed by atoms with E-state index < -0.39 is 11.8 Å². The van der Waals surface area contributed by atoms with E-state index in [-0.39, 0.29) is 11.7 Å². The summed E-state index contributed by atoms with van der Waals surface area (Å²) in [6, 6.07) is 7.19. The summed E-state index contributed by atoms with van der Waals surface area (Å²) >= 11 is 0. The van der Waals surface area contributed by atoms with Gasteiger partial charge in [-0.05, 0) is 37.3 Å². The summed E-state index contributed by atoms with van der Waals surface area (Å²) in [5.41, 5.74) is 0.752. The number of nitrogens with one attached hydrogen (secondary N) is 2. The zero-order valence-corrected chi connectivity index (χ0v) is 12.9. The molecule has 1 aromatic carbocycles. The van der Waals surface area contributed by atoms with Gasteiger partial charge in [0.15, 0.2) is 0 Å². The van der Waals surface area contributed by atoms with Gasteiger partial charge in [0.2, 0.25) is 0 Å². The second kappa shape index (κ2) is 6.95. The van der Waals surface area contributed by atoms with Crippen molar-refractivity contribution in [2.24, 2.45) is 0 Å². The van der Waals surface area contributed by atoms with Gasteiger partial charge >= 0.3 is 6.03 Å². The molecule has 0 spiro atoms. The van der Waals surface area contributed by atoms with E-state index in [1.54, 1.807) is 29.2 Å². The zero-order valence-electron chi connectivity index (χ0n) is 12.9. The predicted molar refractivity (Wildman–Crippen MR) is 85.7 cm³/mol. The van der Waals surface area contributed by atoms with Gasteiger partial charge in [-0.3, -0.25) is 4.68 Å². The molecule has 24 heavy (non-hydrogen) atoms. The third-order valence-corrected chi connectivity index (χ3v) is 3.33. The molecule has 1 atom stereocenters. The molecular formula is C16H16FN5O2. The first-order chi connectivity index (χ1) is 11.6. The maximum Gasteiger partial charge on any atom is 0.319 e. The van der Waals surface area contributed by atoms with Crippen molar-refractivity contribution in [3.63, 3.8) is 0 Å². The molecule has 3 aromatic rings. The van der Waals surface area contributed by atoms with E-state index in [4.69, 9.17) is 4.42 Å². The number of rotatable bonds is 5. The molecule has 2 amide bonds. The Morgan fingerprint density at radius 2 is 2.29 bits per heavy atom. The fourth-order valence-electron chi connectivity index (χ4n) is 2.25. The van der Waals surface area contributed by atoms with Crippen LogP contribution in [-0.2, 0) is 6.54 Å². The zero-order chi connectivity index (χ0) is 16.9. The number of carbonyl (C=O) groups is 1. The quantitative estimate of drug-likeness (QED) is 0.754. The van der Waals surface area contributed by atoms with E-state index in [0.29, 0.717) is 17.9 Å². The molecule has 0 fully saturated rings. The minimum absolute atomic E-state index is 0.0781. The number of hydrogen-bond donors (Lipinski definition) is 2. The number of hydrogen-bond acceptors (Lipinski definition) is 4. The Balaban J connectivity index is 1.64. The van der Waals surface area contributed by atoms with Crippen LogP contribution < -0.4 is 10.6 Å². The molecule has 0 aliphatic heterocycles. The molecule has 7 nitrogen and oxygen atoms in total. The molecule has 0 bridgehead atoms. The lowest BCUT2D eigenvalue weighted by Gasteiger charge is -2.15. The maximum absolute atomic E-state index is 13.9. The number of urea groups is 1. The second-order valence-electron chi connectivity index (χ2n) is 5.29. The highest BCUT2D eigenvalue weighted by atomic mass is 19.1. The SMILES string of the molecule is C[C@@H](Cn1cncn1)NC(=O)Nc1cc(-c2ccco2)ccc1F. The summed E-state index contributed by atoms with van der Waals surface area (Å²) in [7, 11) is 0. The van der Waals surface area contributed by atoms with Gasteiger partial charge in [0.1, 0.15) is 24.2 Å². The fraction of sp³-hybridized carbons (Fsp3) is 0.188. The summed E-state index contributed by atoms with van der Waals surface area (Å²) in [4.78, 5) is 15.9. The third-order valence-electron chi connectivity index (χ3n) is 3.33. The molecular weight excluding hydrogens is 313 g/mol. The van der Waals surface area contributed by atoms with E-state index >= 15 is 0 Å². The maximum atomic E-state index is 13.9. The van der Waals surface area contributed by atoms with Crippen LogP contribution in [0.3, 0.4) is 0 Å². The van der Waals surface area contributed by atoms with E-state index in [0.717, 1.165) is 0 Å². The highest BCUT2D eigenvalue weighted by molar-refractivity contribution is 5.90. The molecule has 2 N–H and O–H groups in total. The lowest BCUT2D eigenvalue weighted by Crippen LogP contribution is -2.38. The molecule has 124 valence electrons. The summed E-state index contributed by atoms with van der Waals surface area (Å²) in [5, 5.41) is 9.20. The van der Waals surface area contributed by atoms with Crippen molar-refractivity contribution in [1.82, 2.24) is 20.1 Å². The molecule has 0 aliphatic carbocycles. The first-order valence-corrected chi connectivity index (χ1v) is 7.35. The Bertz CT molecular complexity index is 802. The van der Waals surface area contributed by atoms with Crippen molar-refractivity contribution in [1.29, 1.82) is 0 Å². The standard InChI is InChI=1S/C16H16FN5O2/c1-11(8-22-10-18-9-19-22)20-16(23)21-14-7-12(4-5-13(14)17)15-3-2-6-24-15/h2-7,9-11H,8H2,1H3,(H2,20,21,23)/t11-/m0/s1. The summed E-state index contributed by atoms with van der Waals surface area (Å²) in [5.74, 6) is 0.0717. The summed E-state index contributed by atoms with van der Waals surface area (Å²) < 4.78 is 20.8. The molecule has 0 unspecified atom stereocenters. The minimum atomic E-state index is -0.524. The number of nitrogens with zero attached hydrogens (tertiary/aromatic N) is 3. The Morgan fingerprint density at radius 1 is 1.42 bits per heavy atom. The smallest absolute Gasteiger partial charge is 0.319 e. The average Bonchev–Trinajstić information content (AvgIpc) is 3.22. The van der Waals surface area contributed by atoms with Gasteiger partial charge in [-0.15, -0.1) is 0 Å². The number of carbonyl (C=O) groups excluding carboxylic acids is 1. The van der Waals surface area contributed by atoms with Crippen molar-refractivity contribution < 1.29 is 13.6 Å². The number of aromatic nitrogens is 3. The van der Waals surface area contributed by atoms with Crippen LogP contribution in [0.25, 0.3) is 11.3 Å². The topological polar surface area (TPSA) is 85.0 Å². The third kappa shape index (κ3) is 3.78. The van der Waals surface area contributed by atoms with Crippen LogP contribution in [0.2, 0.25) is 0 Å². The largest absolute Gasteiger partial charge is 0.464 e. The number of halogens is 1. The molecule has 2 heterocycles. The van der Waals surface area contributed by atoms with Crippen LogP contribution in [0, 0.1) is 5.82 Å². The first kappa shape index (κ1) is 15.7. The monoisotopic (exact) mass is 329 g/mol. The van der Waals surface area contributed by atoms with Crippen LogP contribution in [-0.4, -0.2) is 26.8 Å². The molecule has 0 saturated carbocycles. The van der Waals surface area contributed by atoms with E-state index in [2.05, 4.69) is 20.7 Å². The van der Waals surface area contributed by atoms with Crippen molar-refractivity contribution >= 4 is 11.7 Å². The highest BCUT2D eigenvalue weighted by Gasteiger charge is 2.12. The van der Waals surface area contributed by atoms with Gasteiger partial charge in [-0.25, -0.2) is 14.2 Å². The Labute approximate surface area is 137 Å².